The molecule has 4 heteroatoms. The molecule has 1 unspecified atom stereocenters. The van der Waals surface area contributed by atoms with Gasteiger partial charge >= 0.3 is 0 Å². The highest BCUT2D eigenvalue weighted by Gasteiger charge is 2.28. The normalized spacial score (nSPS) is 19.5. The van der Waals surface area contributed by atoms with Crippen LogP contribution in [-0.4, -0.2) is 18.6 Å². The third-order valence-electron chi connectivity index (χ3n) is 3.31. The minimum absolute atomic E-state index is 0.309. The van der Waals surface area contributed by atoms with Crippen molar-refractivity contribution in [3.8, 4) is 5.75 Å². The van der Waals surface area contributed by atoms with Crippen LogP contribution in [0.1, 0.15) is 30.0 Å². The number of primary amides is 1. The molecule has 1 saturated carbocycles. The summed E-state index contributed by atoms with van der Waals surface area (Å²) in [6.45, 7) is 0.732. The maximum Gasteiger partial charge on any atom is 0.239 e. The highest BCUT2D eigenvalue weighted by atomic mass is 16.5. The van der Waals surface area contributed by atoms with E-state index in [4.69, 9.17) is 10.5 Å². The summed E-state index contributed by atoms with van der Waals surface area (Å²) < 4.78 is 5.45. The van der Waals surface area contributed by atoms with Crippen molar-refractivity contribution in [3.05, 3.63) is 29.3 Å². The highest BCUT2D eigenvalue weighted by Crippen LogP contribution is 2.30. The Balaban J connectivity index is 1.86. The minimum atomic E-state index is -0.367. The Morgan fingerprint density at radius 3 is 3.00 bits per heavy atom. The third kappa shape index (κ3) is 2.13. The van der Waals surface area contributed by atoms with Crippen LogP contribution in [0.4, 0.5) is 0 Å². The van der Waals surface area contributed by atoms with Gasteiger partial charge in [-0.15, -0.1) is 0 Å². The molecule has 1 aromatic rings. The standard InChI is InChI=1S/C13H16N2O2/c14-13(16)12(15-10-2-3-10)9-1-4-11-8(7-9)5-6-17-11/h1,4,7,10,12,15H,2-3,5-6H2,(H2,14,16). The van der Waals surface area contributed by atoms with E-state index in [9.17, 15) is 4.79 Å². The van der Waals surface area contributed by atoms with E-state index >= 15 is 0 Å². The number of ether oxygens (including phenoxy) is 1. The lowest BCUT2D eigenvalue weighted by molar-refractivity contribution is -0.120. The summed E-state index contributed by atoms with van der Waals surface area (Å²) in [5, 5.41) is 3.28. The number of amides is 1. The van der Waals surface area contributed by atoms with Gasteiger partial charge in [0.15, 0.2) is 0 Å². The van der Waals surface area contributed by atoms with Gasteiger partial charge in [0, 0.05) is 12.5 Å². The third-order valence-corrected chi connectivity index (χ3v) is 3.31. The summed E-state index contributed by atoms with van der Waals surface area (Å²) in [6, 6.07) is 5.98. The maximum absolute atomic E-state index is 11.5. The fraction of sp³-hybridized carbons (Fsp3) is 0.462. The van der Waals surface area contributed by atoms with E-state index in [2.05, 4.69) is 5.32 Å². The van der Waals surface area contributed by atoms with E-state index in [1.807, 2.05) is 18.2 Å². The first-order chi connectivity index (χ1) is 8.24. The molecule has 17 heavy (non-hydrogen) atoms. The molecule has 1 atom stereocenters. The summed E-state index contributed by atoms with van der Waals surface area (Å²) in [5.74, 6) is 0.624. The second-order valence-electron chi connectivity index (χ2n) is 4.74. The number of rotatable bonds is 4. The largest absolute Gasteiger partial charge is 0.493 e. The molecule has 2 aliphatic rings. The Morgan fingerprint density at radius 1 is 1.47 bits per heavy atom. The van der Waals surface area contributed by atoms with Crippen molar-refractivity contribution in [1.82, 2.24) is 5.32 Å². The molecule has 0 aromatic heterocycles. The second kappa shape index (κ2) is 4.04. The summed E-state index contributed by atoms with van der Waals surface area (Å²) in [7, 11) is 0. The van der Waals surface area contributed by atoms with Gasteiger partial charge in [0.05, 0.1) is 6.61 Å². The summed E-state index contributed by atoms with van der Waals surface area (Å²) in [4.78, 5) is 11.5. The van der Waals surface area contributed by atoms with Gasteiger partial charge < -0.3 is 10.5 Å². The number of carbonyl (C=O) groups is 1. The van der Waals surface area contributed by atoms with Gasteiger partial charge in [-0.3, -0.25) is 10.1 Å². The average Bonchev–Trinajstić information content (AvgIpc) is 3.01. The van der Waals surface area contributed by atoms with Gasteiger partial charge in [0.1, 0.15) is 11.8 Å². The van der Waals surface area contributed by atoms with Crippen molar-refractivity contribution < 1.29 is 9.53 Å². The number of nitrogens with one attached hydrogen (secondary N) is 1. The Kier molecular flexibility index (Phi) is 2.52. The predicted octanol–water partition coefficient (Wildman–Crippen LogP) is 0.900. The zero-order valence-corrected chi connectivity index (χ0v) is 9.61. The minimum Gasteiger partial charge on any atom is -0.493 e. The zero-order chi connectivity index (χ0) is 11.8. The van der Waals surface area contributed by atoms with Gasteiger partial charge in [-0.25, -0.2) is 0 Å². The maximum atomic E-state index is 11.5. The fourth-order valence-electron chi connectivity index (χ4n) is 2.21. The molecule has 4 nitrogen and oxygen atoms in total. The molecule has 3 N–H and O–H groups in total. The average molecular weight is 232 g/mol. The van der Waals surface area contributed by atoms with Crippen molar-refractivity contribution in [2.45, 2.75) is 31.3 Å². The van der Waals surface area contributed by atoms with E-state index in [-0.39, 0.29) is 11.9 Å². The van der Waals surface area contributed by atoms with Gasteiger partial charge in [-0.1, -0.05) is 6.07 Å². The highest BCUT2D eigenvalue weighted by molar-refractivity contribution is 5.81. The van der Waals surface area contributed by atoms with Crippen LogP contribution in [0, 0.1) is 0 Å². The van der Waals surface area contributed by atoms with Crippen LogP contribution in [0.3, 0.4) is 0 Å². The zero-order valence-electron chi connectivity index (χ0n) is 9.61. The molecule has 0 radical (unpaired) electrons. The quantitative estimate of drug-likeness (QED) is 0.810. The Hall–Kier alpha value is -1.55. The summed E-state index contributed by atoms with van der Waals surface area (Å²) in [5.41, 5.74) is 7.58. The molecule has 0 saturated heterocycles. The van der Waals surface area contributed by atoms with E-state index < -0.39 is 0 Å². The molecule has 1 aromatic carbocycles. The fourth-order valence-corrected chi connectivity index (χ4v) is 2.21. The first-order valence-electron chi connectivity index (χ1n) is 6.05. The van der Waals surface area contributed by atoms with Gasteiger partial charge in [0.25, 0.3) is 0 Å². The van der Waals surface area contributed by atoms with E-state index in [1.165, 1.54) is 5.56 Å². The Morgan fingerprint density at radius 2 is 2.29 bits per heavy atom. The van der Waals surface area contributed by atoms with E-state index in [0.717, 1.165) is 37.2 Å². The molecule has 1 aliphatic carbocycles. The van der Waals surface area contributed by atoms with Crippen LogP contribution < -0.4 is 15.8 Å². The molecule has 3 rings (SSSR count). The van der Waals surface area contributed by atoms with Gasteiger partial charge in [0.2, 0.25) is 5.91 Å². The lowest BCUT2D eigenvalue weighted by Gasteiger charge is -2.16. The number of nitrogens with two attached hydrogens (primary N) is 1. The van der Waals surface area contributed by atoms with Crippen LogP contribution in [0.15, 0.2) is 18.2 Å². The van der Waals surface area contributed by atoms with Crippen molar-refractivity contribution in [1.29, 1.82) is 0 Å². The molecule has 0 bridgehead atoms. The van der Waals surface area contributed by atoms with Crippen molar-refractivity contribution in [2.75, 3.05) is 6.61 Å². The Bertz CT molecular complexity index is 455. The Labute approximate surface area is 100 Å². The topological polar surface area (TPSA) is 64.4 Å². The number of hydrogen-bond acceptors (Lipinski definition) is 3. The number of fused-ring (bicyclic) bond motifs is 1. The lowest BCUT2D eigenvalue weighted by Crippen LogP contribution is -2.34. The van der Waals surface area contributed by atoms with Crippen LogP contribution in [-0.2, 0) is 11.2 Å². The molecule has 1 heterocycles. The van der Waals surface area contributed by atoms with E-state index in [0.29, 0.717) is 6.04 Å². The van der Waals surface area contributed by atoms with Crippen molar-refractivity contribution in [3.63, 3.8) is 0 Å². The molecular formula is C13H16N2O2. The van der Waals surface area contributed by atoms with Crippen LogP contribution in [0.5, 0.6) is 5.75 Å². The number of benzene rings is 1. The first-order valence-corrected chi connectivity index (χ1v) is 6.05. The van der Waals surface area contributed by atoms with Gasteiger partial charge in [-0.05, 0) is 36.1 Å². The van der Waals surface area contributed by atoms with Crippen LogP contribution >= 0.6 is 0 Å². The smallest absolute Gasteiger partial charge is 0.239 e. The summed E-state index contributed by atoms with van der Waals surface area (Å²) >= 11 is 0. The summed E-state index contributed by atoms with van der Waals surface area (Å²) in [6.07, 6.45) is 3.19. The number of hydrogen-bond donors (Lipinski definition) is 2. The van der Waals surface area contributed by atoms with Crippen LogP contribution in [0.25, 0.3) is 0 Å². The van der Waals surface area contributed by atoms with E-state index in [1.54, 1.807) is 0 Å². The van der Waals surface area contributed by atoms with Gasteiger partial charge in [-0.2, -0.15) is 0 Å². The SMILES string of the molecule is NC(=O)C(NC1CC1)c1ccc2c(c1)CCO2. The van der Waals surface area contributed by atoms with Crippen molar-refractivity contribution >= 4 is 5.91 Å². The first kappa shape index (κ1) is 10.6. The lowest BCUT2D eigenvalue weighted by atomic mass is 10.0. The molecular weight excluding hydrogens is 216 g/mol. The molecule has 1 amide bonds. The number of carbonyl (C=O) groups excluding carboxylic acids is 1. The van der Waals surface area contributed by atoms with Crippen molar-refractivity contribution in [2.24, 2.45) is 5.73 Å². The van der Waals surface area contributed by atoms with Crippen LogP contribution in [0.2, 0.25) is 0 Å². The molecule has 0 spiro atoms. The molecule has 90 valence electrons. The monoisotopic (exact) mass is 232 g/mol. The molecule has 1 aliphatic heterocycles. The predicted molar refractivity (Wildman–Crippen MR) is 63.7 cm³/mol. The second-order valence-corrected chi connectivity index (χ2v) is 4.74. The molecule has 1 fully saturated rings.